The van der Waals surface area contributed by atoms with Crippen molar-refractivity contribution < 1.29 is 19.1 Å². The van der Waals surface area contributed by atoms with Crippen molar-refractivity contribution in [2.45, 2.75) is 73.1 Å². The second-order valence-electron chi connectivity index (χ2n) is 9.32. The summed E-state index contributed by atoms with van der Waals surface area (Å²) in [7, 11) is 0. The topological polar surface area (TPSA) is 77.5 Å². The molecular weight excluding hydrogens is 452 g/mol. The number of carbonyl (C=O) groups excluding carboxylic acids is 2. The molecule has 1 atom stereocenters. The molecule has 36 heavy (non-hydrogen) atoms. The van der Waals surface area contributed by atoms with Gasteiger partial charge in [-0.2, -0.15) is 0 Å². The summed E-state index contributed by atoms with van der Waals surface area (Å²) >= 11 is 0. The fourth-order valence-electron chi connectivity index (χ4n) is 3.72. The Morgan fingerprint density at radius 1 is 0.944 bits per heavy atom. The number of hydrogen-bond acceptors (Lipinski definition) is 5. The van der Waals surface area contributed by atoms with Crippen LogP contribution in [-0.4, -0.2) is 22.6 Å². The first-order chi connectivity index (χ1) is 17.1. The summed E-state index contributed by atoms with van der Waals surface area (Å²) in [4.78, 5) is 29.7. The Bertz CT molecular complexity index is 1120. The molecule has 0 aliphatic rings. The van der Waals surface area contributed by atoms with Crippen LogP contribution in [-0.2, 0) is 20.9 Å². The molecular formula is C30H38N2O4. The van der Waals surface area contributed by atoms with Crippen LogP contribution < -0.4 is 5.32 Å². The molecule has 0 aliphatic heterocycles. The van der Waals surface area contributed by atoms with Crippen LogP contribution in [0.2, 0.25) is 0 Å². The normalized spacial score (nSPS) is 11.5. The zero-order valence-corrected chi connectivity index (χ0v) is 22.4. The molecule has 6 heteroatoms. The molecule has 2 aromatic carbocycles. The van der Waals surface area contributed by atoms with Gasteiger partial charge in [0.05, 0.1) is 12.5 Å². The third-order valence-electron chi connectivity index (χ3n) is 5.24. The van der Waals surface area contributed by atoms with E-state index in [2.05, 4.69) is 10.3 Å². The third kappa shape index (κ3) is 8.84. The second kappa shape index (κ2) is 13.4. The number of pyridine rings is 1. The minimum Gasteiger partial charge on any atom is -0.461 e. The van der Waals surface area contributed by atoms with E-state index in [-0.39, 0.29) is 13.0 Å². The van der Waals surface area contributed by atoms with E-state index in [1.165, 1.54) is 0 Å². The number of hydrogen-bond donors (Lipinski definition) is 1. The number of nitrogens with one attached hydrogen (secondary N) is 1. The number of esters is 1. The van der Waals surface area contributed by atoms with E-state index >= 15 is 0 Å². The fourth-order valence-corrected chi connectivity index (χ4v) is 3.72. The summed E-state index contributed by atoms with van der Waals surface area (Å²) in [6.45, 7) is 13.6. The van der Waals surface area contributed by atoms with Gasteiger partial charge in [0.2, 0.25) is 0 Å². The quantitative estimate of drug-likeness (QED) is 0.358. The monoisotopic (exact) mass is 490 g/mol. The maximum atomic E-state index is 12.7. The van der Waals surface area contributed by atoms with Gasteiger partial charge in [-0.15, -0.1) is 0 Å². The fraction of sp³-hybridized carbons (Fsp3) is 0.367. The van der Waals surface area contributed by atoms with E-state index < -0.39 is 23.7 Å². The number of nitrogens with zero attached hydrogens (tertiary/aromatic N) is 1. The summed E-state index contributed by atoms with van der Waals surface area (Å²) in [5.74, 6) is -0.428. The van der Waals surface area contributed by atoms with E-state index in [0.717, 1.165) is 27.8 Å². The lowest BCUT2D eigenvalue weighted by Crippen LogP contribution is -2.36. The molecule has 1 aromatic heterocycles. The molecule has 0 spiro atoms. The van der Waals surface area contributed by atoms with Crippen LogP contribution in [0.3, 0.4) is 0 Å². The number of rotatable bonds is 7. The van der Waals surface area contributed by atoms with Crippen molar-refractivity contribution in [1.82, 2.24) is 10.3 Å². The largest absolute Gasteiger partial charge is 0.461 e. The van der Waals surface area contributed by atoms with Crippen LogP contribution in [0, 0.1) is 13.8 Å². The number of ether oxygens (including phenoxy) is 2. The van der Waals surface area contributed by atoms with Gasteiger partial charge in [-0.3, -0.25) is 9.78 Å². The number of aromatic nitrogens is 1. The highest BCUT2D eigenvalue weighted by Crippen LogP contribution is 2.29. The van der Waals surface area contributed by atoms with Crippen LogP contribution in [0.15, 0.2) is 67.0 Å². The molecule has 3 rings (SSSR count). The van der Waals surface area contributed by atoms with Crippen LogP contribution >= 0.6 is 0 Å². The number of aryl methyl sites for hydroxylation is 2. The van der Waals surface area contributed by atoms with Gasteiger partial charge >= 0.3 is 12.1 Å². The lowest BCUT2D eigenvalue weighted by Gasteiger charge is -2.24. The molecule has 6 nitrogen and oxygen atoms in total. The summed E-state index contributed by atoms with van der Waals surface area (Å²) < 4.78 is 10.9. The maximum Gasteiger partial charge on any atom is 0.408 e. The molecule has 0 aliphatic carbocycles. The highest BCUT2D eigenvalue weighted by Gasteiger charge is 2.24. The van der Waals surface area contributed by atoms with E-state index in [1.807, 2.05) is 82.3 Å². The lowest BCUT2D eigenvalue weighted by atomic mass is 9.94. The Balaban J connectivity index is 0.00000222. The minimum atomic E-state index is -0.666. The Morgan fingerprint density at radius 3 is 2.19 bits per heavy atom. The SMILES string of the molecule is CC.Cc1cccc(C)c1-c1cncc([C@@H](CC(=O)OCc2ccccc2)NC(=O)OC(C)(C)C)c1. The smallest absolute Gasteiger partial charge is 0.408 e. The van der Waals surface area contributed by atoms with Crippen LogP contribution in [0.5, 0.6) is 0 Å². The van der Waals surface area contributed by atoms with Gasteiger partial charge in [0, 0.05) is 18.0 Å². The zero-order valence-electron chi connectivity index (χ0n) is 22.4. The van der Waals surface area contributed by atoms with Crippen molar-refractivity contribution in [2.24, 2.45) is 0 Å². The molecule has 0 bridgehead atoms. The third-order valence-corrected chi connectivity index (χ3v) is 5.24. The summed E-state index contributed by atoms with van der Waals surface area (Å²) in [6, 6.07) is 16.9. The number of carbonyl (C=O) groups is 2. The van der Waals surface area contributed by atoms with Gasteiger partial charge in [-0.05, 0) is 68.5 Å². The average Bonchev–Trinajstić information content (AvgIpc) is 2.83. The van der Waals surface area contributed by atoms with Crippen molar-refractivity contribution >= 4 is 12.1 Å². The molecule has 0 unspecified atom stereocenters. The van der Waals surface area contributed by atoms with E-state index in [9.17, 15) is 9.59 Å². The molecule has 0 saturated carbocycles. The van der Waals surface area contributed by atoms with Crippen molar-refractivity contribution in [3.63, 3.8) is 0 Å². The summed E-state index contributed by atoms with van der Waals surface area (Å²) in [5, 5.41) is 2.82. The van der Waals surface area contributed by atoms with Gasteiger partial charge in [0.25, 0.3) is 0 Å². The Labute approximate surface area is 215 Å². The van der Waals surface area contributed by atoms with Gasteiger partial charge in [0.1, 0.15) is 12.2 Å². The standard InChI is InChI=1S/C28H32N2O4.C2H6/c1-19-10-9-11-20(2)26(19)23-14-22(16-29-17-23)24(30-27(32)34-28(3,4)5)15-25(31)33-18-21-12-7-6-8-13-21;1-2/h6-14,16-17,24H,15,18H2,1-5H3,(H,30,32);1-2H3/t24-;/m1./s1. The van der Waals surface area contributed by atoms with E-state index in [1.54, 1.807) is 33.2 Å². The predicted octanol–water partition coefficient (Wildman–Crippen LogP) is 7.09. The van der Waals surface area contributed by atoms with Gasteiger partial charge in [-0.25, -0.2) is 4.79 Å². The lowest BCUT2D eigenvalue weighted by molar-refractivity contribution is -0.145. The molecule has 0 fully saturated rings. The van der Waals surface area contributed by atoms with Crippen LogP contribution in [0.25, 0.3) is 11.1 Å². The predicted molar refractivity (Wildman–Crippen MR) is 143 cm³/mol. The highest BCUT2D eigenvalue weighted by molar-refractivity contribution is 5.75. The molecule has 3 aromatic rings. The van der Waals surface area contributed by atoms with Gasteiger partial charge < -0.3 is 14.8 Å². The average molecular weight is 491 g/mol. The van der Waals surface area contributed by atoms with Crippen molar-refractivity contribution in [1.29, 1.82) is 0 Å². The minimum absolute atomic E-state index is 0.0516. The molecule has 1 heterocycles. The zero-order chi connectivity index (χ0) is 26.7. The first-order valence-electron chi connectivity index (χ1n) is 12.3. The van der Waals surface area contributed by atoms with Gasteiger partial charge in [-0.1, -0.05) is 62.4 Å². The van der Waals surface area contributed by atoms with Crippen molar-refractivity contribution in [3.8, 4) is 11.1 Å². The van der Waals surface area contributed by atoms with E-state index in [4.69, 9.17) is 9.47 Å². The molecule has 192 valence electrons. The first-order valence-corrected chi connectivity index (χ1v) is 12.3. The molecule has 0 saturated heterocycles. The Hall–Kier alpha value is -3.67. The Kier molecular flexibility index (Phi) is 10.7. The molecule has 0 radical (unpaired) electrons. The van der Waals surface area contributed by atoms with Crippen molar-refractivity contribution in [3.05, 3.63) is 89.2 Å². The summed E-state index contributed by atoms with van der Waals surface area (Å²) in [6.07, 6.45) is 2.79. The molecule has 1 amide bonds. The van der Waals surface area contributed by atoms with E-state index in [0.29, 0.717) is 5.56 Å². The Morgan fingerprint density at radius 2 is 1.58 bits per heavy atom. The number of amides is 1. The van der Waals surface area contributed by atoms with Gasteiger partial charge in [0.15, 0.2) is 0 Å². The second-order valence-corrected chi connectivity index (χ2v) is 9.32. The highest BCUT2D eigenvalue weighted by atomic mass is 16.6. The maximum absolute atomic E-state index is 12.7. The number of alkyl carbamates (subject to hydrolysis) is 1. The summed E-state index contributed by atoms with van der Waals surface area (Å²) in [5.41, 5.74) is 5.17. The van der Waals surface area contributed by atoms with Crippen LogP contribution in [0.4, 0.5) is 4.79 Å². The molecule has 1 N–H and O–H groups in total. The number of benzene rings is 2. The van der Waals surface area contributed by atoms with Crippen molar-refractivity contribution in [2.75, 3.05) is 0 Å². The first kappa shape index (κ1) is 28.6. The van der Waals surface area contributed by atoms with Crippen LogP contribution in [0.1, 0.15) is 69.3 Å².